The van der Waals surface area contributed by atoms with E-state index in [2.05, 4.69) is 18.8 Å². The number of aromatic nitrogens is 2. The molecule has 0 aromatic carbocycles. The average molecular weight is 309 g/mol. The molecule has 2 aromatic rings. The van der Waals surface area contributed by atoms with Gasteiger partial charge in [0.2, 0.25) is 0 Å². The lowest BCUT2D eigenvalue weighted by Gasteiger charge is -2.18. The van der Waals surface area contributed by atoms with E-state index >= 15 is 0 Å². The number of thiophene rings is 1. The molecule has 3 rings (SSSR count). The van der Waals surface area contributed by atoms with Gasteiger partial charge in [-0.1, -0.05) is 43.7 Å². The summed E-state index contributed by atoms with van der Waals surface area (Å²) in [5.41, 5.74) is 1.24. The van der Waals surface area contributed by atoms with Gasteiger partial charge in [-0.15, -0.1) is 11.3 Å². The van der Waals surface area contributed by atoms with Gasteiger partial charge in [0.15, 0.2) is 0 Å². The molecule has 0 bridgehead atoms. The van der Waals surface area contributed by atoms with Gasteiger partial charge < -0.3 is 0 Å². The van der Waals surface area contributed by atoms with E-state index < -0.39 is 0 Å². The van der Waals surface area contributed by atoms with Crippen molar-refractivity contribution in [2.75, 3.05) is 0 Å². The Morgan fingerprint density at radius 2 is 1.65 bits per heavy atom. The lowest BCUT2D eigenvalue weighted by atomic mass is 9.90. The number of nitrogens with zero attached hydrogens (tertiary/aromatic N) is 2. The van der Waals surface area contributed by atoms with Crippen LogP contribution in [0.4, 0.5) is 0 Å². The quantitative estimate of drug-likeness (QED) is 0.623. The predicted molar refractivity (Wildman–Crippen MR) is 87.0 cm³/mol. The number of hydrogen-bond acceptors (Lipinski definition) is 3. The second kappa shape index (κ2) is 5.98. The minimum Gasteiger partial charge on any atom is -0.222 e. The Hall–Kier alpha value is -0.670. The van der Waals surface area contributed by atoms with Gasteiger partial charge in [-0.25, -0.2) is 9.97 Å². The van der Waals surface area contributed by atoms with Crippen molar-refractivity contribution in [3.05, 3.63) is 21.4 Å². The molecular weight excluding hydrogens is 288 g/mol. The largest absolute Gasteiger partial charge is 0.222 e. The number of aryl methyl sites for hydroxylation is 2. The van der Waals surface area contributed by atoms with Crippen molar-refractivity contribution in [2.24, 2.45) is 0 Å². The first-order chi connectivity index (χ1) is 9.66. The summed E-state index contributed by atoms with van der Waals surface area (Å²) in [5.74, 6) is 1.48. The lowest BCUT2D eigenvalue weighted by Crippen LogP contribution is -2.07. The third-order valence-electron chi connectivity index (χ3n) is 4.47. The Bertz CT molecular complexity index is 612. The highest BCUT2D eigenvalue weighted by Gasteiger charge is 2.20. The molecule has 108 valence electrons. The van der Waals surface area contributed by atoms with E-state index in [1.165, 1.54) is 55.4 Å². The van der Waals surface area contributed by atoms with Gasteiger partial charge in [-0.3, -0.25) is 0 Å². The van der Waals surface area contributed by atoms with Crippen LogP contribution in [-0.4, -0.2) is 9.97 Å². The van der Waals surface area contributed by atoms with Crippen LogP contribution in [-0.2, 0) is 0 Å². The molecule has 2 heterocycles. The van der Waals surface area contributed by atoms with Crippen LogP contribution in [0.15, 0.2) is 0 Å². The van der Waals surface area contributed by atoms with Crippen molar-refractivity contribution in [3.63, 3.8) is 0 Å². The molecule has 0 atom stereocenters. The normalized spacial score (nSPS) is 18.1. The summed E-state index contributed by atoms with van der Waals surface area (Å²) in [7, 11) is 0. The fourth-order valence-electron chi connectivity index (χ4n) is 3.11. The van der Waals surface area contributed by atoms with Crippen molar-refractivity contribution in [1.29, 1.82) is 0 Å². The minimum absolute atomic E-state index is 0.500. The summed E-state index contributed by atoms with van der Waals surface area (Å²) in [4.78, 5) is 11.8. The molecule has 1 aliphatic rings. The lowest BCUT2D eigenvalue weighted by molar-refractivity contribution is 0.443. The molecule has 1 fully saturated rings. The third kappa shape index (κ3) is 2.71. The van der Waals surface area contributed by atoms with Gasteiger partial charge >= 0.3 is 0 Å². The van der Waals surface area contributed by atoms with Crippen LogP contribution in [0.2, 0.25) is 5.15 Å². The van der Waals surface area contributed by atoms with Crippen LogP contribution in [0.1, 0.15) is 67.1 Å². The zero-order valence-electron chi connectivity index (χ0n) is 12.2. The molecule has 2 nitrogen and oxygen atoms in total. The fourth-order valence-corrected chi connectivity index (χ4v) is 4.52. The monoisotopic (exact) mass is 308 g/mol. The van der Waals surface area contributed by atoms with Crippen LogP contribution in [0, 0.1) is 13.8 Å². The number of halogens is 1. The zero-order valence-corrected chi connectivity index (χ0v) is 13.8. The highest BCUT2D eigenvalue weighted by atomic mass is 35.5. The molecule has 1 aliphatic carbocycles. The van der Waals surface area contributed by atoms with Crippen LogP contribution < -0.4 is 0 Å². The SMILES string of the molecule is Cc1sc2nc(C3CCCCCCC3)nc(Cl)c2c1C. The smallest absolute Gasteiger partial charge is 0.141 e. The number of fused-ring (bicyclic) bond motifs is 1. The Morgan fingerprint density at radius 3 is 2.35 bits per heavy atom. The molecule has 20 heavy (non-hydrogen) atoms. The van der Waals surface area contributed by atoms with Gasteiger partial charge in [-0.2, -0.15) is 0 Å². The van der Waals surface area contributed by atoms with Gasteiger partial charge in [-0.05, 0) is 32.3 Å². The standard InChI is InChI=1S/C16H21ClN2S/c1-10-11(2)20-16-13(10)14(17)18-15(19-16)12-8-6-4-3-5-7-9-12/h12H,3-9H2,1-2H3. The second-order valence-electron chi connectivity index (χ2n) is 5.88. The third-order valence-corrected chi connectivity index (χ3v) is 5.85. The topological polar surface area (TPSA) is 25.8 Å². The molecule has 2 aromatic heterocycles. The van der Waals surface area contributed by atoms with E-state index in [-0.39, 0.29) is 0 Å². The molecule has 0 N–H and O–H groups in total. The van der Waals surface area contributed by atoms with Crippen molar-refractivity contribution < 1.29 is 0 Å². The van der Waals surface area contributed by atoms with E-state index in [4.69, 9.17) is 16.6 Å². The van der Waals surface area contributed by atoms with Crippen molar-refractivity contribution in [2.45, 2.75) is 64.7 Å². The van der Waals surface area contributed by atoms with Gasteiger partial charge in [0.05, 0.1) is 5.39 Å². The molecule has 0 radical (unpaired) electrons. The molecule has 0 spiro atoms. The summed E-state index contributed by atoms with van der Waals surface area (Å²) in [6.45, 7) is 4.24. The maximum absolute atomic E-state index is 6.43. The van der Waals surface area contributed by atoms with Gasteiger partial charge in [0.1, 0.15) is 15.8 Å². The Labute approximate surface area is 129 Å². The maximum Gasteiger partial charge on any atom is 0.141 e. The summed E-state index contributed by atoms with van der Waals surface area (Å²) in [6, 6.07) is 0. The van der Waals surface area contributed by atoms with Crippen molar-refractivity contribution in [1.82, 2.24) is 9.97 Å². The first-order valence-corrected chi connectivity index (χ1v) is 8.79. The highest BCUT2D eigenvalue weighted by molar-refractivity contribution is 7.18. The number of hydrogen-bond donors (Lipinski definition) is 0. The summed E-state index contributed by atoms with van der Waals surface area (Å²) < 4.78 is 0. The minimum atomic E-state index is 0.500. The van der Waals surface area contributed by atoms with Crippen molar-refractivity contribution in [3.8, 4) is 0 Å². The highest BCUT2D eigenvalue weighted by Crippen LogP contribution is 2.36. The number of rotatable bonds is 1. The zero-order chi connectivity index (χ0) is 14.1. The molecule has 0 aliphatic heterocycles. The molecular formula is C16H21ClN2S. The van der Waals surface area contributed by atoms with Crippen LogP contribution >= 0.6 is 22.9 Å². The first kappa shape index (κ1) is 14.3. The molecule has 0 saturated heterocycles. The Morgan fingerprint density at radius 1 is 1.00 bits per heavy atom. The second-order valence-corrected chi connectivity index (χ2v) is 7.44. The Balaban J connectivity index is 1.98. The fraction of sp³-hybridized carbons (Fsp3) is 0.625. The maximum atomic E-state index is 6.43. The average Bonchev–Trinajstić information content (AvgIpc) is 2.64. The van der Waals surface area contributed by atoms with Gasteiger partial charge in [0.25, 0.3) is 0 Å². The van der Waals surface area contributed by atoms with E-state index in [0.29, 0.717) is 11.1 Å². The molecule has 0 amide bonds. The van der Waals surface area contributed by atoms with Crippen LogP contribution in [0.25, 0.3) is 10.2 Å². The van der Waals surface area contributed by atoms with E-state index in [9.17, 15) is 0 Å². The van der Waals surface area contributed by atoms with Crippen LogP contribution in [0.5, 0.6) is 0 Å². The summed E-state index contributed by atoms with van der Waals surface area (Å²) >= 11 is 8.17. The Kier molecular flexibility index (Phi) is 4.27. The molecule has 0 unspecified atom stereocenters. The summed E-state index contributed by atoms with van der Waals surface area (Å²) in [6.07, 6.45) is 9.11. The molecule has 4 heteroatoms. The molecule has 1 saturated carbocycles. The summed E-state index contributed by atoms with van der Waals surface area (Å²) in [5, 5.41) is 1.71. The predicted octanol–water partition coefficient (Wildman–Crippen LogP) is 5.79. The van der Waals surface area contributed by atoms with Crippen LogP contribution in [0.3, 0.4) is 0 Å². The van der Waals surface area contributed by atoms with E-state index in [0.717, 1.165) is 16.0 Å². The first-order valence-electron chi connectivity index (χ1n) is 7.60. The van der Waals surface area contributed by atoms with Gasteiger partial charge in [0, 0.05) is 10.8 Å². The van der Waals surface area contributed by atoms with Crippen molar-refractivity contribution >= 4 is 33.2 Å². The van der Waals surface area contributed by atoms with E-state index in [1.54, 1.807) is 11.3 Å². The van der Waals surface area contributed by atoms with E-state index in [1.807, 2.05) is 0 Å².